The Balaban J connectivity index is 2.07. The second-order valence-corrected chi connectivity index (χ2v) is 5.46. The monoisotopic (exact) mass is 246 g/mol. The maximum absolute atomic E-state index is 8.64. The smallest absolute Gasteiger partial charge is 0.0661 e. The zero-order chi connectivity index (χ0) is 13.1. The number of aryl methyl sites for hydroxylation is 1. The fourth-order valence-electron chi connectivity index (χ4n) is 2.68. The van der Waals surface area contributed by atoms with E-state index in [0.717, 1.165) is 31.7 Å². The Hall–Kier alpha value is -1.34. The van der Waals surface area contributed by atoms with Crippen LogP contribution in [0.25, 0.3) is 0 Å². The Morgan fingerprint density at radius 2 is 2.33 bits per heavy atom. The fraction of sp³-hybridized carbons (Fsp3) is 0.714. The molecule has 1 saturated heterocycles. The standard InChI is InChI=1S/C14H22N4/c1-11(2)14-9-12(3)16-18(14)13-5-8-17(10-13)7-4-6-15/h9,11,13H,4-5,7-8,10H2,1-3H3. The van der Waals surface area contributed by atoms with Gasteiger partial charge >= 0.3 is 0 Å². The SMILES string of the molecule is Cc1cc(C(C)C)n(C2CCN(CCC#N)C2)n1. The van der Waals surface area contributed by atoms with E-state index < -0.39 is 0 Å². The average Bonchev–Trinajstić information content (AvgIpc) is 2.92. The predicted octanol–water partition coefficient (Wildman–Crippen LogP) is 2.48. The van der Waals surface area contributed by atoms with Crippen LogP contribution in [0.5, 0.6) is 0 Å². The molecule has 0 N–H and O–H groups in total. The van der Waals surface area contributed by atoms with E-state index in [0.29, 0.717) is 18.4 Å². The molecule has 1 aromatic rings. The lowest BCUT2D eigenvalue weighted by Crippen LogP contribution is -2.23. The number of hydrogen-bond donors (Lipinski definition) is 0. The largest absolute Gasteiger partial charge is 0.300 e. The zero-order valence-corrected chi connectivity index (χ0v) is 11.6. The molecule has 0 radical (unpaired) electrons. The minimum Gasteiger partial charge on any atom is -0.300 e. The van der Waals surface area contributed by atoms with Crippen LogP contribution in [0.2, 0.25) is 0 Å². The molecule has 0 bridgehead atoms. The van der Waals surface area contributed by atoms with Gasteiger partial charge in [-0.25, -0.2) is 0 Å². The summed E-state index contributed by atoms with van der Waals surface area (Å²) in [6, 6.07) is 4.90. The highest BCUT2D eigenvalue weighted by atomic mass is 15.3. The van der Waals surface area contributed by atoms with Crippen LogP contribution in [-0.4, -0.2) is 34.3 Å². The Bertz CT molecular complexity index is 441. The predicted molar refractivity (Wildman–Crippen MR) is 71.4 cm³/mol. The van der Waals surface area contributed by atoms with Gasteiger partial charge < -0.3 is 4.90 Å². The minimum atomic E-state index is 0.481. The molecular weight excluding hydrogens is 224 g/mol. The quantitative estimate of drug-likeness (QED) is 0.820. The highest BCUT2D eigenvalue weighted by Gasteiger charge is 2.26. The van der Waals surface area contributed by atoms with Crippen molar-refractivity contribution in [3.05, 3.63) is 17.5 Å². The van der Waals surface area contributed by atoms with Gasteiger partial charge in [0.1, 0.15) is 0 Å². The van der Waals surface area contributed by atoms with Gasteiger partial charge in [-0.1, -0.05) is 13.8 Å². The molecule has 0 aromatic carbocycles. The van der Waals surface area contributed by atoms with Crippen molar-refractivity contribution >= 4 is 0 Å². The Labute approximate surface area is 109 Å². The first-order valence-corrected chi connectivity index (χ1v) is 6.77. The van der Waals surface area contributed by atoms with Crippen molar-refractivity contribution in [1.29, 1.82) is 5.26 Å². The molecule has 0 saturated carbocycles. The van der Waals surface area contributed by atoms with Gasteiger partial charge in [0, 0.05) is 31.7 Å². The van der Waals surface area contributed by atoms with Gasteiger partial charge in [-0.05, 0) is 25.3 Å². The fourth-order valence-corrected chi connectivity index (χ4v) is 2.68. The van der Waals surface area contributed by atoms with Crippen molar-refractivity contribution in [3.63, 3.8) is 0 Å². The van der Waals surface area contributed by atoms with Crippen molar-refractivity contribution in [1.82, 2.24) is 14.7 Å². The van der Waals surface area contributed by atoms with Crippen LogP contribution in [0.4, 0.5) is 0 Å². The second-order valence-electron chi connectivity index (χ2n) is 5.46. The first-order valence-electron chi connectivity index (χ1n) is 6.77. The molecule has 4 nitrogen and oxygen atoms in total. The van der Waals surface area contributed by atoms with Crippen LogP contribution < -0.4 is 0 Å². The van der Waals surface area contributed by atoms with Crippen LogP contribution in [0.15, 0.2) is 6.07 Å². The number of hydrogen-bond acceptors (Lipinski definition) is 3. The van der Waals surface area contributed by atoms with E-state index in [1.807, 2.05) is 0 Å². The molecule has 1 aliphatic heterocycles. The molecule has 1 aromatic heterocycles. The lowest BCUT2D eigenvalue weighted by atomic mass is 10.1. The molecule has 2 rings (SSSR count). The van der Waals surface area contributed by atoms with Crippen molar-refractivity contribution in [2.75, 3.05) is 19.6 Å². The molecule has 1 fully saturated rings. The van der Waals surface area contributed by atoms with Gasteiger partial charge in [0.2, 0.25) is 0 Å². The lowest BCUT2D eigenvalue weighted by Gasteiger charge is -2.18. The van der Waals surface area contributed by atoms with E-state index in [2.05, 4.69) is 47.6 Å². The number of rotatable bonds is 4. The van der Waals surface area contributed by atoms with Gasteiger partial charge in [0.05, 0.1) is 17.8 Å². The number of likely N-dealkylation sites (tertiary alicyclic amines) is 1. The molecule has 0 spiro atoms. The van der Waals surface area contributed by atoms with E-state index in [1.165, 1.54) is 5.69 Å². The van der Waals surface area contributed by atoms with Gasteiger partial charge in [0.15, 0.2) is 0 Å². The van der Waals surface area contributed by atoms with Crippen molar-refractivity contribution in [2.24, 2.45) is 0 Å². The van der Waals surface area contributed by atoms with Crippen LogP contribution >= 0.6 is 0 Å². The summed E-state index contributed by atoms with van der Waals surface area (Å²) in [5, 5.41) is 13.3. The molecule has 0 aliphatic carbocycles. The summed E-state index contributed by atoms with van der Waals surface area (Å²) in [6.07, 6.45) is 1.77. The maximum atomic E-state index is 8.64. The highest BCUT2D eigenvalue weighted by molar-refractivity contribution is 5.14. The van der Waals surface area contributed by atoms with E-state index in [9.17, 15) is 0 Å². The molecule has 98 valence electrons. The van der Waals surface area contributed by atoms with Crippen LogP contribution in [-0.2, 0) is 0 Å². The third-order valence-corrected chi connectivity index (χ3v) is 3.61. The summed E-state index contributed by atoms with van der Waals surface area (Å²) in [5.74, 6) is 0.513. The number of nitrogens with zero attached hydrogens (tertiary/aromatic N) is 4. The minimum absolute atomic E-state index is 0.481. The maximum Gasteiger partial charge on any atom is 0.0661 e. The number of aromatic nitrogens is 2. The normalized spacial score (nSPS) is 20.5. The van der Waals surface area contributed by atoms with E-state index >= 15 is 0 Å². The van der Waals surface area contributed by atoms with Gasteiger partial charge in [-0.15, -0.1) is 0 Å². The van der Waals surface area contributed by atoms with Crippen molar-refractivity contribution < 1.29 is 0 Å². The Morgan fingerprint density at radius 3 is 3.00 bits per heavy atom. The summed E-state index contributed by atoms with van der Waals surface area (Å²) < 4.78 is 2.21. The molecule has 2 heterocycles. The van der Waals surface area contributed by atoms with Crippen LogP contribution in [0.3, 0.4) is 0 Å². The summed E-state index contributed by atoms with van der Waals surface area (Å²) >= 11 is 0. The van der Waals surface area contributed by atoms with Crippen molar-refractivity contribution in [2.45, 2.75) is 45.6 Å². The van der Waals surface area contributed by atoms with Crippen LogP contribution in [0.1, 0.15) is 50.0 Å². The van der Waals surface area contributed by atoms with Gasteiger partial charge in [-0.2, -0.15) is 10.4 Å². The Kier molecular flexibility index (Phi) is 4.03. The molecular formula is C14H22N4. The van der Waals surface area contributed by atoms with Crippen LogP contribution in [0, 0.1) is 18.3 Å². The Morgan fingerprint density at radius 1 is 1.56 bits per heavy atom. The molecule has 18 heavy (non-hydrogen) atoms. The van der Waals surface area contributed by atoms with Gasteiger partial charge in [0.25, 0.3) is 0 Å². The van der Waals surface area contributed by atoms with Gasteiger partial charge in [-0.3, -0.25) is 4.68 Å². The lowest BCUT2D eigenvalue weighted by molar-refractivity contribution is 0.323. The average molecular weight is 246 g/mol. The third-order valence-electron chi connectivity index (χ3n) is 3.61. The zero-order valence-electron chi connectivity index (χ0n) is 11.6. The summed E-state index contributed by atoms with van der Waals surface area (Å²) in [5.41, 5.74) is 2.44. The molecule has 4 heteroatoms. The van der Waals surface area contributed by atoms with E-state index in [1.54, 1.807) is 0 Å². The molecule has 0 amide bonds. The molecule has 1 atom stereocenters. The van der Waals surface area contributed by atoms with Crippen molar-refractivity contribution in [3.8, 4) is 6.07 Å². The molecule has 1 unspecified atom stereocenters. The summed E-state index contributed by atoms with van der Waals surface area (Å²) in [6.45, 7) is 9.51. The highest BCUT2D eigenvalue weighted by Crippen LogP contribution is 2.26. The summed E-state index contributed by atoms with van der Waals surface area (Å²) in [4.78, 5) is 2.37. The first-order chi connectivity index (χ1) is 8.61. The molecule has 1 aliphatic rings. The van der Waals surface area contributed by atoms with E-state index in [-0.39, 0.29) is 0 Å². The first kappa shape index (κ1) is 13.1. The number of nitriles is 1. The summed E-state index contributed by atoms with van der Waals surface area (Å²) in [7, 11) is 0. The topological polar surface area (TPSA) is 44.9 Å². The van der Waals surface area contributed by atoms with E-state index in [4.69, 9.17) is 5.26 Å². The third kappa shape index (κ3) is 2.73. The second kappa shape index (κ2) is 5.53.